The number of para-hydroxylation sites is 1. The number of thiophene rings is 1. The normalized spacial score (nSPS) is 12.5. The van der Waals surface area contributed by atoms with Crippen LogP contribution >= 0.6 is 35.3 Å². The van der Waals surface area contributed by atoms with Gasteiger partial charge in [-0.2, -0.15) is 0 Å². The van der Waals surface area contributed by atoms with E-state index < -0.39 is 0 Å². The monoisotopic (exact) mass is 445 g/mol. The maximum atomic E-state index is 5.99. The molecule has 0 aliphatic rings. The van der Waals surface area contributed by atoms with Gasteiger partial charge in [-0.05, 0) is 29.9 Å². The first-order valence-corrected chi connectivity index (χ1v) is 8.23. The van der Waals surface area contributed by atoms with Gasteiger partial charge in [0.1, 0.15) is 0 Å². The third kappa shape index (κ3) is 6.88. The van der Waals surface area contributed by atoms with Crippen molar-refractivity contribution in [2.75, 3.05) is 19.0 Å². The number of aliphatic imine (C=N–C) groups is 1. The number of halogens is 1. The lowest BCUT2D eigenvalue weighted by molar-refractivity contribution is 0.185. The molecule has 0 spiro atoms. The van der Waals surface area contributed by atoms with Crippen LogP contribution in [0.4, 0.5) is 5.69 Å². The van der Waals surface area contributed by atoms with Crippen molar-refractivity contribution in [2.24, 2.45) is 16.6 Å². The van der Waals surface area contributed by atoms with Crippen LogP contribution in [0.15, 0.2) is 46.8 Å². The van der Waals surface area contributed by atoms with E-state index >= 15 is 0 Å². The van der Waals surface area contributed by atoms with Crippen LogP contribution in [0.3, 0.4) is 0 Å². The van der Waals surface area contributed by atoms with Crippen LogP contribution in [0.2, 0.25) is 0 Å². The minimum Gasteiger partial charge on any atom is -0.380 e. The first-order chi connectivity index (χ1) is 10.7. The summed E-state index contributed by atoms with van der Waals surface area (Å²) < 4.78 is 5.19. The molecule has 23 heavy (non-hydrogen) atoms. The molecule has 1 unspecified atom stereocenters. The summed E-state index contributed by atoms with van der Waals surface area (Å²) in [6.45, 7) is 3.45. The van der Waals surface area contributed by atoms with Crippen molar-refractivity contribution in [3.8, 4) is 0 Å². The van der Waals surface area contributed by atoms with Crippen molar-refractivity contribution in [1.29, 1.82) is 0 Å². The molecule has 1 atom stereocenters. The number of ether oxygens (including phenoxy) is 1. The van der Waals surface area contributed by atoms with Crippen molar-refractivity contribution < 1.29 is 4.74 Å². The topological polar surface area (TPSA) is 59.6 Å². The maximum absolute atomic E-state index is 5.99. The van der Waals surface area contributed by atoms with E-state index in [-0.39, 0.29) is 24.0 Å². The quantitative estimate of drug-likeness (QED) is 0.383. The SMILES string of the molecule is COCc1ccccc1NC(N)=NCC(C)Cc1cccs1.I. The molecule has 0 bridgehead atoms. The zero-order chi connectivity index (χ0) is 15.8. The smallest absolute Gasteiger partial charge is 0.193 e. The molecular weight excluding hydrogens is 421 g/mol. The standard InChI is InChI=1S/C17H23N3OS.HI/c1-13(10-15-7-5-9-22-15)11-19-17(18)20-16-8-4-3-6-14(16)12-21-2;/h3-9,13H,10-12H2,1-2H3,(H3,18,19,20);1H. The lowest BCUT2D eigenvalue weighted by Gasteiger charge is -2.12. The summed E-state index contributed by atoms with van der Waals surface area (Å²) in [6.07, 6.45) is 1.04. The molecule has 2 aromatic rings. The highest BCUT2D eigenvalue weighted by Crippen LogP contribution is 2.16. The van der Waals surface area contributed by atoms with E-state index in [1.165, 1.54) is 4.88 Å². The predicted molar refractivity (Wildman–Crippen MR) is 110 cm³/mol. The average molecular weight is 445 g/mol. The summed E-state index contributed by atoms with van der Waals surface area (Å²) >= 11 is 1.79. The van der Waals surface area contributed by atoms with Crippen LogP contribution in [0.25, 0.3) is 0 Å². The zero-order valence-electron chi connectivity index (χ0n) is 13.5. The van der Waals surface area contributed by atoms with Crippen molar-refractivity contribution in [2.45, 2.75) is 20.0 Å². The van der Waals surface area contributed by atoms with E-state index in [4.69, 9.17) is 10.5 Å². The van der Waals surface area contributed by atoms with Gasteiger partial charge in [-0.3, -0.25) is 4.99 Å². The Balaban J connectivity index is 0.00000264. The van der Waals surface area contributed by atoms with Gasteiger partial charge in [0.15, 0.2) is 5.96 Å². The molecule has 0 saturated carbocycles. The van der Waals surface area contributed by atoms with Crippen LogP contribution in [0.1, 0.15) is 17.4 Å². The number of rotatable bonds is 7. The summed E-state index contributed by atoms with van der Waals surface area (Å²) in [7, 11) is 1.68. The molecular formula is C17H24IN3OS. The lowest BCUT2D eigenvalue weighted by Crippen LogP contribution is -2.24. The fourth-order valence-electron chi connectivity index (χ4n) is 2.19. The van der Waals surface area contributed by atoms with Gasteiger partial charge in [0.05, 0.1) is 6.61 Å². The van der Waals surface area contributed by atoms with Crippen LogP contribution in [0.5, 0.6) is 0 Å². The zero-order valence-corrected chi connectivity index (χ0v) is 16.6. The number of guanidine groups is 1. The molecule has 1 aromatic heterocycles. The Hall–Kier alpha value is -1.12. The number of benzene rings is 1. The van der Waals surface area contributed by atoms with Crippen LogP contribution in [-0.2, 0) is 17.8 Å². The number of hydrogen-bond donors (Lipinski definition) is 2. The largest absolute Gasteiger partial charge is 0.380 e. The molecule has 0 saturated heterocycles. The Labute approximate surface area is 159 Å². The van der Waals surface area contributed by atoms with Gasteiger partial charge in [-0.15, -0.1) is 35.3 Å². The molecule has 6 heteroatoms. The third-order valence-electron chi connectivity index (χ3n) is 3.28. The highest BCUT2D eigenvalue weighted by Gasteiger charge is 2.05. The van der Waals surface area contributed by atoms with E-state index in [1.807, 2.05) is 24.3 Å². The molecule has 0 aliphatic heterocycles. The van der Waals surface area contributed by atoms with Gasteiger partial charge in [0, 0.05) is 29.8 Å². The third-order valence-corrected chi connectivity index (χ3v) is 4.18. The highest BCUT2D eigenvalue weighted by atomic mass is 127. The van der Waals surface area contributed by atoms with Crippen molar-refractivity contribution in [1.82, 2.24) is 0 Å². The number of methoxy groups -OCH3 is 1. The number of nitrogens with one attached hydrogen (secondary N) is 1. The Morgan fingerprint density at radius 1 is 1.30 bits per heavy atom. The average Bonchev–Trinajstić information content (AvgIpc) is 3.00. The molecule has 1 aromatic carbocycles. The predicted octanol–water partition coefficient (Wildman–Crippen LogP) is 4.12. The maximum Gasteiger partial charge on any atom is 0.193 e. The van der Waals surface area contributed by atoms with Crippen molar-refractivity contribution >= 4 is 47.0 Å². The van der Waals surface area contributed by atoms with E-state index in [1.54, 1.807) is 18.4 Å². The molecule has 3 N–H and O–H groups in total. The summed E-state index contributed by atoms with van der Waals surface area (Å²) in [4.78, 5) is 5.84. The van der Waals surface area contributed by atoms with Crippen molar-refractivity contribution in [3.05, 3.63) is 52.2 Å². The second-order valence-electron chi connectivity index (χ2n) is 5.33. The number of hydrogen-bond acceptors (Lipinski definition) is 3. The molecule has 2 rings (SSSR count). The molecule has 1 heterocycles. The molecule has 0 fully saturated rings. The van der Waals surface area contributed by atoms with E-state index in [0.29, 0.717) is 25.0 Å². The summed E-state index contributed by atoms with van der Waals surface area (Å²) in [5.41, 5.74) is 8.00. The van der Waals surface area contributed by atoms with E-state index in [9.17, 15) is 0 Å². The summed E-state index contributed by atoms with van der Waals surface area (Å²) in [5.74, 6) is 0.912. The number of anilines is 1. The van der Waals surface area contributed by atoms with Gasteiger partial charge < -0.3 is 15.8 Å². The van der Waals surface area contributed by atoms with Crippen LogP contribution in [-0.4, -0.2) is 19.6 Å². The van der Waals surface area contributed by atoms with Crippen LogP contribution < -0.4 is 11.1 Å². The molecule has 0 amide bonds. The number of nitrogens with zero attached hydrogens (tertiary/aromatic N) is 1. The summed E-state index contributed by atoms with van der Waals surface area (Å²) in [5, 5.41) is 5.27. The van der Waals surface area contributed by atoms with Crippen molar-refractivity contribution in [3.63, 3.8) is 0 Å². The fraction of sp³-hybridized carbons (Fsp3) is 0.353. The van der Waals surface area contributed by atoms with E-state index in [0.717, 1.165) is 17.7 Å². The van der Waals surface area contributed by atoms with Gasteiger partial charge >= 0.3 is 0 Å². The van der Waals surface area contributed by atoms with E-state index in [2.05, 4.69) is 34.7 Å². The first-order valence-electron chi connectivity index (χ1n) is 7.35. The lowest BCUT2D eigenvalue weighted by atomic mass is 10.1. The highest BCUT2D eigenvalue weighted by molar-refractivity contribution is 14.0. The van der Waals surface area contributed by atoms with Crippen LogP contribution in [0, 0.1) is 5.92 Å². The molecule has 4 nitrogen and oxygen atoms in total. The molecule has 0 aliphatic carbocycles. The Kier molecular flexibility index (Phi) is 9.20. The molecule has 126 valence electrons. The van der Waals surface area contributed by atoms with Gasteiger partial charge in [-0.25, -0.2) is 0 Å². The fourth-order valence-corrected chi connectivity index (χ4v) is 3.06. The minimum absolute atomic E-state index is 0. The Bertz CT molecular complexity index is 602. The molecule has 0 radical (unpaired) electrons. The minimum atomic E-state index is 0. The summed E-state index contributed by atoms with van der Waals surface area (Å²) in [6, 6.07) is 12.2. The van der Waals surface area contributed by atoms with Gasteiger partial charge in [-0.1, -0.05) is 31.2 Å². The van der Waals surface area contributed by atoms with Gasteiger partial charge in [0.25, 0.3) is 0 Å². The Morgan fingerprint density at radius 3 is 2.78 bits per heavy atom. The Morgan fingerprint density at radius 2 is 2.09 bits per heavy atom. The first kappa shape index (κ1) is 19.9. The second-order valence-corrected chi connectivity index (χ2v) is 6.36. The van der Waals surface area contributed by atoms with Gasteiger partial charge in [0.2, 0.25) is 0 Å². The second kappa shape index (κ2) is 10.6. The number of nitrogens with two attached hydrogens (primary N) is 1.